The molecule has 1 aliphatic heterocycles. The topological polar surface area (TPSA) is 98.3 Å². The molecule has 3 N–H and O–H groups in total. The number of nitrogens with zero attached hydrogens (tertiary/aromatic N) is 4. The van der Waals surface area contributed by atoms with Crippen molar-refractivity contribution in [1.82, 2.24) is 19.7 Å². The van der Waals surface area contributed by atoms with Crippen LogP contribution in [0.4, 0.5) is 17.6 Å². The second kappa shape index (κ2) is 9.62. The van der Waals surface area contributed by atoms with Crippen LogP contribution in [0.2, 0.25) is 0 Å². The van der Waals surface area contributed by atoms with Crippen molar-refractivity contribution in [2.45, 2.75) is 39.0 Å². The Bertz CT molecular complexity index is 1080. The lowest BCUT2D eigenvalue weighted by molar-refractivity contribution is 0.0948. The second-order valence-corrected chi connectivity index (χ2v) is 9.38. The number of nitrogens with one attached hydrogen (secondary N) is 1. The second-order valence-electron chi connectivity index (χ2n) is 9.38. The average Bonchev–Trinajstić information content (AvgIpc) is 3.43. The van der Waals surface area contributed by atoms with E-state index in [9.17, 15) is 4.79 Å². The summed E-state index contributed by atoms with van der Waals surface area (Å²) in [6, 6.07) is 15.1. The SMILES string of the molecule is CC(C)(C)c1ccc(C(=O)n2nc(Nc3ccc(OCCN4CCCC4)cc3)nc2N)cc1. The number of hydrogen-bond acceptors (Lipinski definition) is 7. The van der Waals surface area contributed by atoms with Crippen LogP contribution in [0.5, 0.6) is 5.75 Å². The van der Waals surface area contributed by atoms with E-state index in [-0.39, 0.29) is 23.2 Å². The Morgan fingerprint density at radius 2 is 1.73 bits per heavy atom. The van der Waals surface area contributed by atoms with Gasteiger partial charge in [0.2, 0.25) is 11.9 Å². The van der Waals surface area contributed by atoms with E-state index in [4.69, 9.17) is 10.5 Å². The third-order valence-electron chi connectivity index (χ3n) is 5.81. The van der Waals surface area contributed by atoms with Crippen LogP contribution in [0.1, 0.15) is 49.5 Å². The molecule has 0 saturated carbocycles. The first-order valence-corrected chi connectivity index (χ1v) is 11.4. The average molecular weight is 449 g/mol. The molecule has 0 atom stereocenters. The van der Waals surface area contributed by atoms with Crippen molar-refractivity contribution in [2.24, 2.45) is 0 Å². The smallest absolute Gasteiger partial charge is 0.281 e. The van der Waals surface area contributed by atoms with Crippen LogP contribution in [0, 0.1) is 0 Å². The molecule has 174 valence electrons. The van der Waals surface area contributed by atoms with Crippen molar-refractivity contribution >= 4 is 23.5 Å². The summed E-state index contributed by atoms with van der Waals surface area (Å²) in [6.45, 7) is 10.3. The van der Waals surface area contributed by atoms with Crippen LogP contribution < -0.4 is 15.8 Å². The summed E-state index contributed by atoms with van der Waals surface area (Å²) in [4.78, 5) is 19.5. The predicted molar refractivity (Wildman–Crippen MR) is 130 cm³/mol. The molecule has 0 radical (unpaired) electrons. The van der Waals surface area contributed by atoms with Gasteiger partial charge in [-0.1, -0.05) is 32.9 Å². The largest absolute Gasteiger partial charge is 0.492 e. The summed E-state index contributed by atoms with van der Waals surface area (Å²) in [5, 5.41) is 7.34. The number of carbonyl (C=O) groups excluding carboxylic acids is 1. The molecule has 1 aliphatic rings. The van der Waals surface area contributed by atoms with Gasteiger partial charge in [-0.15, -0.1) is 5.10 Å². The predicted octanol–water partition coefficient (Wildman–Crippen LogP) is 4.06. The maximum atomic E-state index is 12.9. The zero-order valence-electron chi connectivity index (χ0n) is 19.5. The van der Waals surface area contributed by atoms with E-state index in [1.807, 2.05) is 36.4 Å². The Labute approximate surface area is 194 Å². The Morgan fingerprint density at radius 1 is 1.06 bits per heavy atom. The van der Waals surface area contributed by atoms with Gasteiger partial charge in [0, 0.05) is 17.8 Å². The van der Waals surface area contributed by atoms with Gasteiger partial charge < -0.3 is 15.8 Å². The van der Waals surface area contributed by atoms with E-state index < -0.39 is 0 Å². The number of anilines is 3. The van der Waals surface area contributed by atoms with E-state index in [0.717, 1.165) is 28.2 Å². The van der Waals surface area contributed by atoms with E-state index >= 15 is 0 Å². The van der Waals surface area contributed by atoms with Crippen LogP contribution in [-0.4, -0.2) is 51.8 Å². The van der Waals surface area contributed by atoms with E-state index in [1.165, 1.54) is 25.9 Å². The summed E-state index contributed by atoms with van der Waals surface area (Å²) < 4.78 is 6.95. The van der Waals surface area contributed by atoms with Gasteiger partial charge in [-0.25, -0.2) is 0 Å². The number of rotatable bonds is 7. The number of likely N-dealkylation sites (tertiary alicyclic amines) is 1. The monoisotopic (exact) mass is 448 g/mol. The molecule has 4 rings (SSSR count). The van der Waals surface area contributed by atoms with Gasteiger partial charge in [0.05, 0.1) is 0 Å². The molecule has 0 aliphatic carbocycles. The van der Waals surface area contributed by atoms with Crippen LogP contribution in [0.15, 0.2) is 48.5 Å². The summed E-state index contributed by atoms with van der Waals surface area (Å²) >= 11 is 0. The molecule has 2 heterocycles. The first kappa shape index (κ1) is 22.8. The molecule has 8 heteroatoms. The molecular formula is C25H32N6O2. The van der Waals surface area contributed by atoms with Gasteiger partial charge in [0.1, 0.15) is 12.4 Å². The number of benzene rings is 2. The molecule has 0 amide bonds. The molecule has 0 bridgehead atoms. The summed E-state index contributed by atoms with van der Waals surface area (Å²) in [6.07, 6.45) is 2.56. The number of carbonyl (C=O) groups is 1. The van der Waals surface area contributed by atoms with E-state index in [1.54, 1.807) is 12.1 Å². The fraction of sp³-hybridized carbons (Fsp3) is 0.400. The lowest BCUT2D eigenvalue weighted by atomic mass is 9.87. The van der Waals surface area contributed by atoms with Gasteiger partial charge in [0.25, 0.3) is 5.91 Å². The van der Waals surface area contributed by atoms with Crippen molar-refractivity contribution in [1.29, 1.82) is 0 Å². The van der Waals surface area contributed by atoms with Gasteiger partial charge >= 0.3 is 0 Å². The Morgan fingerprint density at radius 3 is 2.36 bits per heavy atom. The van der Waals surface area contributed by atoms with Gasteiger partial charge in [-0.3, -0.25) is 9.69 Å². The molecule has 1 aromatic heterocycles. The quantitative estimate of drug-likeness (QED) is 0.562. The Kier molecular flexibility index (Phi) is 6.65. The summed E-state index contributed by atoms with van der Waals surface area (Å²) in [5.41, 5.74) is 8.41. The zero-order chi connectivity index (χ0) is 23.4. The maximum Gasteiger partial charge on any atom is 0.281 e. The molecule has 8 nitrogen and oxygen atoms in total. The minimum atomic E-state index is -0.324. The highest BCUT2D eigenvalue weighted by Crippen LogP contribution is 2.23. The van der Waals surface area contributed by atoms with Crippen molar-refractivity contribution in [2.75, 3.05) is 37.3 Å². The van der Waals surface area contributed by atoms with Gasteiger partial charge in [-0.05, 0) is 73.3 Å². The summed E-state index contributed by atoms with van der Waals surface area (Å²) in [5.74, 6) is 0.779. The van der Waals surface area contributed by atoms with Crippen molar-refractivity contribution in [3.63, 3.8) is 0 Å². The lowest BCUT2D eigenvalue weighted by Crippen LogP contribution is -2.25. The highest BCUT2D eigenvalue weighted by Gasteiger charge is 2.18. The number of nitrogen functional groups attached to an aromatic ring is 1. The molecule has 3 aromatic rings. The third kappa shape index (κ3) is 5.70. The fourth-order valence-corrected chi connectivity index (χ4v) is 3.82. The van der Waals surface area contributed by atoms with Crippen LogP contribution in [-0.2, 0) is 5.41 Å². The maximum absolute atomic E-state index is 12.9. The molecular weight excluding hydrogens is 416 g/mol. The molecule has 2 aromatic carbocycles. The number of aromatic nitrogens is 3. The Balaban J connectivity index is 1.36. The number of ether oxygens (including phenoxy) is 1. The molecule has 33 heavy (non-hydrogen) atoms. The van der Waals surface area contributed by atoms with Crippen molar-refractivity contribution in [3.05, 3.63) is 59.7 Å². The van der Waals surface area contributed by atoms with Crippen molar-refractivity contribution in [3.8, 4) is 5.75 Å². The van der Waals surface area contributed by atoms with E-state index in [2.05, 4.69) is 41.1 Å². The fourth-order valence-electron chi connectivity index (χ4n) is 3.82. The van der Waals surface area contributed by atoms with Gasteiger partial charge in [-0.2, -0.15) is 9.67 Å². The standard InChI is InChI=1S/C25H32N6O2/c1-25(2,3)19-8-6-18(7-9-19)22(32)31-23(26)28-24(29-31)27-20-10-12-21(13-11-20)33-17-16-30-14-4-5-15-30/h6-13H,4-5,14-17H2,1-3H3,(H3,26,27,28,29). The normalized spacial score (nSPS) is 14.4. The first-order chi connectivity index (χ1) is 15.8. The highest BCUT2D eigenvalue weighted by molar-refractivity contribution is 5.96. The molecule has 0 spiro atoms. The van der Waals surface area contributed by atoms with Crippen LogP contribution in [0.25, 0.3) is 0 Å². The minimum absolute atomic E-state index is 0.0133. The lowest BCUT2D eigenvalue weighted by Gasteiger charge is -2.18. The third-order valence-corrected chi connectivity index (χ3v) is 5.81. The van der Waals surface area contributed by atoms with Crippen molar-refractivity contribution < 1.29 is 9.53 Å². The van der Waals surface area contributed by atoms with Crippen LogP contribution >= 0.6 is 0 Å². The number of hydrogen-bond donors (Lipinski definition) is 2. The van der Waals surface area contributed by atoms with Crippen LogP contribution in [0.3, 0.4) is 0 Å². The molecule has 1 saturated heterocycles. The minimum Gasteiger partial charge on any atom is -0.492 e. The highest BCUT2D eigenvalue weighted by atomic mass is 16.5. The van der Waals surface area contributed by atoms with E-state index in [0.29, 0.717) is 12.2 Å². The first-order valence-electron chi connectivity index (χ1n) is 11.4. The number of nitrogens with two attached hydrogens (primary N) is 1. The zero-order valence-corrected chi connectivity index (χ0v) is 19.5. The summed E-state index contributed by atoms with van der Waals surface area (Å²) in [7, 11) is 0. The van der Waals surface area contributed by atoms with Gasteiger partial charge in [0.15, 0.2) is 0 Å². The molecule has 1 fully saturated rings. The Hall–Kier alpha value is -3.39. The molecule has 0 unspecified atom stereocenters.